The van der Waals surface area contributed by atoms with Gasteiger partial charge in [-0.3, -0.25) is 4.79 Å². The molecule has 5 nitrogen and oxygen atoms in total. The number of hydrogen-bond acceptors (Lipinski definition) is 4. The lowest BCUT2D eigenvalue weighted by Gasteiger charge is -2.09. The number of aryl methyl sites for hydroxylation is 1. The van der Waals surface area contributed by atoms with Gasteiger partial charge in [0.15, 0.2) is 0 Å². The molecule has 1 N–H and O–H groups in total. The van der Waals surface area contributed by atoms with Crippen molar-refractivity contribution >= 4 is 5.91 Å². The van der Waals surface area contributed by atoms with Gasteiger partial charge in [0, 0.05) is 11.1 Å². The Balaban J connectivity index is 1.74. The second kappa shape index (κ2) is 6.62. The average Bonchev–Trinajstić information content (AvgIpc) is 3.05. The van der Waals surface area contributed by atoms with Crippen molar-refractivity contribution in [3.05, 3.63) is 71.4 Å². The zero-order chi connectivity index (χ0) is 17.1. The summed E-state index contributed by atoms with van der Waals surface area (Å²) in [5, 5.41) is 6.66. The summed E-state index contributed by atoms with van der Waals surface area (Å²) in [6, 6.07) is 12.7. The van der Waals surface area contributed by atoms with Crippen molar-refractivity contribution < 1.29 is 13.7 Å². The molecule has 1 atom stereocenters. The monoisotopic (exact) mass is 325 g/mol. The van der Waals surface area contributed by atoms with E-state index in [1.54, 1.807) is 6.92 Å². The van der Waals surface area contributed by atoms with Crippen LogP contribution in [-0.4, -0.2) is 16.0 Å². The summed E-state index contributed by atoms with van der Waals surface area (Å²) in [6.07, 6.45) is 0. The molecule has 0 saturated heterocycles. The summed E-state index contributed by atoms with van der Waals surface area (Å²) in [4.78, 5) is 16.5. The first-order valence-electron chi connectivity index (χ1n) is 7.50. The number of amides is 1. The predicted molar refractivity (Wildman–Crippen MR) is 86.8 cm³/mol. The zero-order valence-electron chi connectivity index (χ0n) is 13.3. The smallest absolute Gasteiger partial charge is 0.252 e. The number of carbonyl (C=O) groups excluding carboxylic acids is 1. The Morgan fingerprint density at radius 1 is 1.21 bits per heavy atom. The number of halogens is 1. The number of carbonyl (C=O) groups is 1. The van der Waals surface area contributed by atoms with Gasteiger partial charge >= 0.3 is 0 Å². The van der Waals surface area contributed by atoms with E-state index < -0.39 is 17.8 Å². The Bertz CT molecular complexity index is 876. The Labute approximate surface area is 138 Å². The first kappa shape index (κ1) is 15.9. The van der Waals surface area contributed by atoms with Crippen molar-refractivity contribution in [1.29, 1.82) is 0 Å². The summed E-state index contributed by atoms with van der Waals surface area (Å²) in [6.45, 7) is 3.71. The maximum atomic E-state index is 13.2. The molecule has 1 unspecified atom stereocenters. The molecule has 0 radical (unpaired) electrons. The lowest BCUT2D eigenvalue weighted by molar-refractivity contribution is 0.0932. The van der Waals surface area contributed by atoms with E-state index in [9.17, 15) is 9.18 Å². The van der Waals surface area contributed by atoms with Crippen LogP contribution in [0.4, 0.5) is 4.39 Å². The highest BCUT2D eigenvalue weighted by atomic mass is 19.1. The van der Waals surface area contributed by atoms with Crippen molar-refractivity contribution in [2.24, 2.45) is 0 Å². The lowest BCUT2D eigenvalue weighted by Crippen LogP contribution is -2.26. The molecular weight excluding hydrogens is 309 g/mol. The van der Waals surface area contributed by atoms with Gasteiger partial charge in [-0.05, 0) is 38.1 Å². The molecule has 0 fully saturated rings. The van der Waals surface area contributed by atoms with E-state index in [2.05, 4.69) is 15.5 Å². The van der Waals surface area contributed by atoms with Crippen LogP contribution in [0.25, 0.3) is 11.4 Å². The largest absolute Gasteiger partial charge is 0.341 e. The second-order valence-corrected chi connectivity index (χ2v) is 5.53. The first-order chi connectivity index (χ1) is 11.5. The van der Waals surface area contributed by atoms with Gasteiger partial charge in [0.25, 0.3) is 5.91 Å². The summed E-state index contributed by atoms with van der Waals surface area (Å²) in [5.74, 6) is -0.121. The Morgan fingerprint density at radius 3 is 2.75 bits per heavy atom. The molecule has 0 saturated carbocycles. The van der Waals surface area contributed by atoms with Crippen LogP contribution in [0, 0.1) is 12.7 Å². The molecule has 122 valence electrons. The van der Waals surface area contributed by atoms with E-state index in [1.807, 2.05) is 31.2 Å². The van der Waals surface area contributed by atoms with Crippen molar-refractivity contribution in [2.45, 2.75) is 19.9 Å². The molecule has 3 rings (SSSR count). The maximum Gasteiger partial charge on any atom is 0.252 e. The minimum atomic E-state index is -0.494. The molecule has 2 aromatic carbocycles. The van der Waals surface area contributed by atoms with E-state index in [0.29, 0.717) is 5.82 Å². The molecule has 0 aliphatic carbocycles. The first-order valence-corrected chi connectivity index (χ1v) is 7.50. The average molecular weight is 325 g/mol. The van der Waals surface area contributed by atoms with Crippen LogP contribution in [-0.2, 0) is 0 Å². The van der Waals surface area contributed by atoms with E-state index in [4.69, 9.17) is 4.52 Å². The highest BCUT2D eigenvalue weighted by Gasteiger charge is 2.18. The normalized spacial score (nSPS) is 12.0. The van der Waals surface area contributed by atoms with Gasteiger partial charge in [-0.1, -0.05) is 35.0 Å². The van der Waals surface area contributed by atoms with Crippen molar-refractivity contribution in [1.82, 2.24) is 15.5 Å². The highest BCUT2D eigenvalue weighted by Crippen LogP contribution is 2.19. The quantitative estimate of drug-likeness (QED) is 0.794. The van der Waals surface area contributed by atoms with Crippen molar-refractivity contribution in [3.63, 3.8) is 0 Å². The molecule has 0 aliphatic rings. The van der Waals surface area contributed by atoms with Crippen LogP contribution in [0.3, 0.4) is 0 Å². The van der Waals surface area contributed by atoms with Gasteiger partial charge < -0.3 is 9.84 Å². The van der Waals surface area contributed by atoms with Gasteiger partial charge in [-0.15, -0.1) is 0 Å². The van der Waals surface area contributed by atoms with E-state index in [1.165, 1.54) is 24.3 Å². The lowest BCUT2D eigenvalue weighted by atomic mass is 10.1. The summed E-state index contributed by atoms with van der Waals surface area (Å²) in [7, 11) is 0. The predicted octanol–water partition coefficient (Wildman–Crippen LogP) is 3.68. The van der Waals surface area contributed by atoms with Crippen molar-refractivity contribution in [2.75, 3.05) is 0 Å². The number of aromatic nitrogens is 2. The van der Waals surface area contributed by atoms with E-state index in [0.717, 1.165) is 11.1 Å². The fraction of sp³-hybridized carbons (Fsp3) is 0.167. The molecule has 24 heavy (non-hydrogen) atoms. The second-order valence-electron chi connectivity index (χ2n) is 5.53. The van der Waals surface area contributed by atoms with Gasteiger partial charge in [-0.2, -0.15) is 4.98 Å². The molecule has 1 aromatic heterocycles. The zero-order valence-corrected chi connectivity index (χ0v) is 13.3. The minimum Gasteiger partial charge on any atom is -0.341 e. The molecule has 0 aliphatic heterocycles. The Hall–Kier alpha value is -3.02. The highest BCUT2D eigenvalue weighted by molar-refractivity contribution is 5.94. The molecule has 0 spiro atoms. The van der Waals surface area contributed by atoms with E-state index >= 15 is 0 Å². The molecule has 0 bridgehead atoms. The summed E-state index contributed by atoms with van der Waals surface area (Å²) in [5.41, 5.74) is 2.17. The van der Waals surface area contributed by atoms with Crippen LogP contribution in [0.2, 0.25) is 0 Å². The SMILES string of the molecule is Cc1cccc(-c2noc(C(C)NC(=O)c3cccc(F)c3)n2)c1. The maximum absolute atomic E-state index is 13.2. The number of nitrogens with zero attached hydrogens (tertiary/aromatic N) is 2. The van der Waals surface area contributed by atoms with Gasteiger partial charge in [0.1, 0.15) is 11.9 Å². The standard InChI is InChI=1S/C18H16FN3O2/c1-11-5-3-6-13(9-11)16-21-18(24-22-16)12(2)20-17(23)14-7-4-8-15(19)10-14/h3-10,12H,1-2H3,(H,20,23). The number of nitrogens with one attached hydrogen (secondary N) is 1. The van der Waals surface area contributed by atoms with Gasteiger partial charge in [0.05, 0.1) is 0 Å². The topological polar surface area (TPSA) is 68.0 Å². The Kier molecular flexibility index (Phi) is 4.37. The fourth-order valence-electron chi connectivity index (χ4n) is 2.28. The fourth-order valence-corrected chi connectivity index (χ4v) is 2.28. The summed E-state index contributed by atoms with van der Waals surface area (Å²) < 4.78 is 18.4. The molecule has 1 amide bonds. The number of benzene rings is 2. The van der Waals surface area contributed by atoms with Crippen LogP contribution in [0.1, 0.15) is 34.8 Å². The number of hydrogen-bond donors (Lipinski definition) is 1. The van der Waals surface area contributed by atoms with Crippen molar-refractivity contribution in [3.8, 4) is 11.4 Å². The van der Waals surface area contributed by atoms with Gasteiger partial charge in [0.2, 0.25) is 11.7 Å². The van der Waals surface area contributed by atoms with Crippen LogP contribution < -0.4 is 5.32 Å². The molecule has 6 heteroatoms. The summed E-state index contributed by atoms with van der Waals surface area (Å²) >= 11 is 0. The third-order valence-electron chi connectivity index (χ3n) is 3.52. The Morgan fingerprint density at radius 2 is 2.00 bits per heavy atom. The van der Waals surface area contributed by atoms with Crippen LogP contribution >= 0.6 is 0 Å². The molecule has 1 heterocycles. The molecule has 3 aromatic rings. The van der Waals surface area contributed by atoms with Gasteiger partial charge in [-0.25, -0.2) is 4.39 Å². The minimum absolute atomic E-state index is 0.236. The van der Waals surface area contributed by atoms with Crippen LogP contribution in [0.5, 0.6) is 0 Å². The molecular formula is C18H16FN3O2. The number of rotatable bonds is 4. The third-order valence-corrected chi connectivity index (χ3v) is 3.52. The van der Waals surface area contributed by atoms with E-state index in [-0.39, 0.29) is 11.5 Å². The van der Waals surface area contributed by atoms with Crippen LogP contribution in [0.15, 0.2) is 53.1 Å². The third kappa shape index (κ3) is 3.48.